The number of rotatable bonds is 4. The predicted octanol–water partition coefficient (Wildman–Crippen LogP) is 3.21. The second-order valence-electron chi connectivity index (χ2n) is 5.31. The maximum Gasteiger partial charge on any atom is 0.223 e. The van der Waals surface area contributed by atoms with Crippen LogP contribution in [-0.4, -0.2) is 12.5 Å². The maximum atomic E-state index is 11.9. The van der Waals surface area contributed by atoms with Crippen LogP contribution in [0.4, 0.5) is 0 Å². The van der Waals surface area contributed by atoms with Crippen molar-refractivity contribution in [1.29, 1.82) is 0 Å². The molecular formula is C15H23NO. The molecule has 2 rings (SSSR count). The van der Waals surface area contributed by atoms with E-state index < -0.39 is 0 Å². The normalized spacial score (nSPS) is 22.3. The molecule has 1 saturated carbocycles. The van der Waals surface area contributed by atoms with Crippen molar-refractivity contribution in [2.75, 3.05) is 6.54 Å². The summed E-state index contributed by atoms with van der Waals surface area (Å²) < 4.78 is 0. The molecule has 0 radical (unpaired) electrons. The Bertz CT molecular complexity index is 324. The Morgan fingerprint density at radius 1 is 1.41 bits per heavy atom. The lowest BCUT2D eigenvalue weighted by molar-refractivity contribution is -0.124. The number of amides is 1. The van der Waals surface area contributed by atoms with Crippen LogP contribution in [0.1, 0.15) is 45.4 Å². The molecule has 1 N–H and O–H groups in total. The van der Waals surface area contributed by atoms with Crippen molar-refractivity contribution in [3.05, 3.63) is 23.8 Å². The van der Waals surface area contributed by atoms with E-state index in [0.29, 0.717) is 5.92 Å². The van der Waals surface area contributed by atoms with Gasteiger partial charge in [-0.15, -0.1) is 0 Å². The monoisotopic (exact) mass is 233 g/mol. The van der Waals surface area contributed by atoms with E-state index in [1.54, 1.807) is 0 Å². The van der Waals surface area contributed by atoms with Crippen molar-refractivity contribution < 1.29 is 4.79 Å². The van der Waals surface area contributed by atoms with Gasteiger partial charge in [-0.05, 0) is 37.2 Å². The summed E-state index contributed by atoms with van der Waals surface area (Å²) in [6.07, 6.45) is 13.7. The quantitative estimate of drug-likeness (QED) is 0.793. The number of nitrogens with one attached hydrogen (secondary N) is 1. The third-order valence-corrected chi connectivity index (χ3v) is 3.90. The Morgan fingerprint density at radius 3 is 2.82 bits per heavy atom. The summed E-state index contributed by atoms with van der Waals surface area (Å²) in [6, 6.07) is 0. The lowest BCUT2D eigenvalue weighted by atomic mass is 9.95. The van der Waals surface area contributed by atoms with Gasteiger partial charge in [0.25, 0.3) is 0 Å². The zero-order valence-electron chi connectivity index (χ0n) is 10.7. The number of hydrogen-bond donors (Lipinski definition) is 1. The fraction of sp³-hybridized carbons (Fsp3) is 0.667. The predicted molar refractivity (Wildman–Crippen MR) is 70.6 cm³/mol. The first-order valence-corrected chi connectivity index (χ1v) is 6.91. The van der Waals surface area contributed by atoms with Gasteiger partial charge in [-0.2, -0.15) is 0 Å². The minimum atomic E-state index is 0.273. The highest BCUT2D eigenvalue weighted by Crippen LogP contribution is 2.25. The van der Waals surface area contributed by atoms with Crippen LogP contribution in [-0.2, 0) is 4.79 Å². The molecule has 2 heteroatoms. The highest BCUT2D eigenvalue weighted by atomic mass is 16.1. The molecule has 0 heterocycles. The van der Waals surface area contributed by atoms with Crippen molar-refractivity contribution in [2.45, 2.75) is 45.4 Å². The fourth-order valence-corrected chi connectivity index (χ4v) is 2.70. The van der Waals surface area contributed by atoms with Crippen LogP contribution >= 0.6 is 0 Å². The van der Waals surface area contributed by atoms with Gasteiger partial charge in [-0.25, -0.2) is 0 Å². The number of hydrogen-bond acceptors (Lipinski definition) is 1. The van der Waals surface area contributed by atoms with Crippen molar-refractivity contribution in [1.82, 2.24) is 5.32 Å². The Labute approximate surface area is 104 Å². The molecule has 17 heavy (non-hydrogen) atoms. The highest BCUT2D eigenvalue weighted by molar-refractivity contribution is 5.78. The van der Waals surface area contributed by atoms with Crippen LogP contribution in [0.2, 0.25) is 0 Å². The van der Waals surface area contributed by atoms with Crippen LogP contribution < -0.4 is 5.32 Å². The molecular weight excluding hydrogens is 210 g/mol. The SMILES string of the molecule is CC(CNC(=O)C1CCCC1)C1=CCCC=C1. The van der Waals surface area contributed by atoms with Crippen LogP contribution in [0.15, 0.2) is 23.8 Å². The van der Waals surface area contributed by atoms with E-state index in [1.807, 2.05) is 0 Å². The molecule has 0 saturated heterocycles. The van der Waals surface area contributed by atoms with Gasteiger partial charge in [0.15, 0.2) is 0 Å². The Hall–Kier alpha value is -1.05. The molecule has 0 aliphatic heterocycles. The van der Waals surface area contributed by atoms with Gasteiger partial charge in [0.05, 0.1) is 0 Å². The summed E-state index contributed by atoms with van der Waals surface area (Å²) in [4.78, 5) is 11.9. The summed E-state index contributed by atoms with van der Waals surface area (Å²) in [6.45, 7) is 2.97. The maximum absolute atomic E-state index is 11.9. The Morgan fingerprint density at radius 2 is 2.18 bits per heavy atom. The molecule has 1 atom stereocenters. The van der Waals surface area contributed by atoms with E-state index in [0.717, 1.165) is 32.2 Å². The minimum Gasteiger partial charge on any atom is -0.355 e. The van der Waals surface area contributed by atoms with Crippen LogP contribution in [0.5, 0.6) is 0 Å². The van der Waals surface area contributed by atoms with Gasteiger partial charge in [0.1, 0.15) is 0 Å². The second kappa shape index (κ2) is 6.04. The first-order valence-electron chi connectivity index (χ1n) is 6.91. The van der Waals surface area contributed by atoms with E-state index in [1.165, 1.54) is 18.4 Å². The average Bonchev–Trinajstić information content (AvgIpc) is 2.90. The summed E-state index contributed by atoms with van der Waals surface area (Å²) in [5.41, 5.74) is 1.38. The van der Waals surface area contributed by atoms with Crippen molar-refractivity contribution in [3.8, 4) is 0 Å². The minimum absolute atomic E-state index is 0.273. The van der Waals surface area contributed by atoms with Gasteiger partial charge in [0.2, 0.25) is 5.91 Å². The van der Waals surface area contributed by atoms with Gasteiger partial charge >= 0.3 is 0 Å². The number of carbonyl (C=O) groups excluding carboxylic acids is 1. The van der Waals surface area contributed by atoms with Gasteiger partial charge in [-0.1, -0.05) is 38.0 Å². The molecule has 1 unspecified atom stereocenters. The summed E-state index contributed by atoms with van der Waals surface area (Å²) in [5, 5.41) is 3.11. The largest absolute Gasteiger partial charge is 0.355 e. The molecule has 0 aromatic carbocycles. The van der Waals surface area contributed by atoms with Gasteiger partial charge in [0, 0.05) is 12.5 Å². The third-order valence-electron chi connectivity index (χ3n) is 3.90. The standard InChI is InChI=1S/C15H23NO/c1-12(13-7-3-2-4-8-13)11-16-15(17)14-9-5-6-10-14/h3,7-8,12,14H,2,4-6,9-11H2,1H3,(H,16,17). The van der Waals surface area contributed by atoms with Gasteiger partial charge in [-0.3, -0.25) is 4.79 Å². The molecule has 0 aromatic heterocycles. The second-order valence-corrected chi connectivity index (χ2v) is 5.31. The molecule has 2 nitrogen and oxygen atoms in total. The smallest absolute Gasteiger partial charge is 0.223 e. The van der Waals surface area contributed by atoms with E-state index in [2.05, 4.69) is 30.5 Å². The zero-order chi connectivity index (χ0) is 12.1. The molecule has 2 aliphatic rings. The van der Waals surface area contributed by atoms with Crippen LogP contribution in [0.3, 0.4) is 0 Å². The third kappa shape index (κ3) is 3.45. The molecule has 0 bridgehead atoms. The lowest BCUT2D eigenvalue weighted by Gasteiger charge is -2.17. The van der Waals surface area contributed by atoms with E-state index in [4.69, 9.17) is 0 Å². The van der Waals surface area contributed by atoms with E-state index >= 15 is 0 Å². The highest BCUT2D eigenvalue weighted by Gasteiger charge is 2.22. The van der Waals surface area contributed by atoms with Crippen LogP contribution in [0, 0.1) is 11.8 Å². The van der Waals surface area contributed by atoms with Crippen molar-refractivity contribution in [2.24, 2.45) is 11.8 Å². The molecule has 0 spiro atoms. The summed E-state index contributed by atoms with van der Waals surface area (Å²) >= 11 is 0. The number of carbonyl (C=O) groups is 1. The molecule has 2 aliphatic carbocycles. The van der Waals surface area contributed by atoms with E-state index in [9.17, 15) is 4.79 Å². The Kier molecular flexibility index (Phi) is 4.41. The lowest BCUT2D eigenvalue weighted by Crippen LogP contribution is -2.33. The molecule has 0 aromatic rings. The van der Waals surface area contributed by atoms with Gasteiger partial charge < -0.3 is 5.32 Å². The number of allylic oxidation sites excluding steroid dienone is 3. The molecule has 1 amide bonds. The average molecular weight is 233 g/mol. The Balaban J connectivity index is 1.75. The summed E-state index contributed by atoms with van der Waals surface area (Å²) in [5.74, 6) is 1.00. The van der Waals surface area contributed by atoms with E-state index in [-0.39, 0.29) is 11.8 Å². The first kappa shape index (κ1) is 12.4. The van der Waals surface area contributed by atoms with Crippen molar-refractivity contribution in [3.63, 3.8) is 0 Å². The van der Waals surface area contributed by atoms with Crippen LogP contribution in [0.25, 0.3) is 0 Å². The summed E-state index contributed by atoms with van der Waals surface area (Å²) in [7, 11) is 0. The molecule has 1 fully saturated rings. The topological polar surface area (TPSA) is 29.1 Å². The fourth-order valence-electron chi connectivity index (χ4n) is 2.70. The zero-order valence-corrected chi connectivity index (χ0v) is 10.7. The first-order chi connectivity index (χ1) is 8.27. The molecule has 94 valence electrons. The van der Waals surface area contributed by atoms with Crippen molar-refractivity contribution >= 4 is 5.91 Å².